The van der Waals surface area contributed by atoms with Gasteiger partial charge in [0, 0.05) is 31.2 Å². The number of aryl methyl sites for hydroxylation is 2. The van der Waals surface area contributed by atoms with Gasteiger partial charge in [0.05, 0.1) is 11.1 Å². The maximum absolute atomic E-state index is 12.5. The lowest BCUT2D eigenvalue weighted by molar-refractivity contribution is 0.0792. The monoisotopic (exact) mass is 323 g/mol. The standard InChI is InChI=1S/C19H21N3O2/c1-13-6-5-7-14(2)17(13)21-18(23)15-10-16(12-20-11-15)19(24)22-8-3-4-9-22/h5-7,10-12H,3-4,8-9H2,1-2H3,(H,21,23). The van der Waals surface area contributed by atoms with Crippen LogP contribution >= 0.6 is 0 Å². The van der Waals surface area contributed by atoms with Crippen molar-refractivity contribution in [3.05, 3.63) is 58.9 Å². The van der Waals surface area contributed by atoms with Crippen LogP contribution in [0.3, 0.4) is 0 Å². The molecule has 1 aromatic heterocycles. The second-order valence-corrected chi connectivity index (χ2v) is 6.18. The number of aromatic nitrogens is 1. The van der Waals surface area contributed by atoms with E-state index in [4.69, 9.17) is 0 Å². The van der Waals surface area contributed by atoms with Gasteiger partial charge in [0.1, 0.15) is 0 Å². The molecular formula is C19H21N3O2. The summed E-state index contributed by atoms with van der Waals surface area (Å²) in [7, 11) is 0. The summed E-state index contributed by atoms with van der Waals surface area (Å²) in [6.07, 6.45) is 5.08. The second-order valence-electron chi connectivity index (χ2n) is 6.18. The molecule has 0 radical (unpaired) electrons. The normalized spacial score (nSPS) is 13.8. The predicted octanol–water partition coefficient (Wildman–Crippen LogP) is 3.19. The highest BCUT2D eigenvalue weighted by Crippen LogP contribution is 2.20. The SMILES string of the molecule is Cc1cccc(C)c1NC(=O)c1cncc(C(=O)N2CCCC2)c1. The third-order valence-electron chi connectivity index (χ3n) is 4.36. The van der Waals surface area contributed by atoms with Gasteiger partial charge in [-0.1, -0.05) is 18.2 Å². The topological polar surface area (TPSA) is 62.3 Å². The van der Waals surface area contributed by atoms with Crippen molar-refractivity contribution in [2.24, 2.45) is 0 Å². The van der Waals surface area contributed by atoms with E-state index in [2.05, 4.69) is 10.3 Å². The van der Waals surface area contributed by atoms with Gasteiger partial charge in [-0.3, -0.25) is 14.6 Å². The molecule has 1 aliphatic rings. The van der Waals surface area contributed by atoms with Gasteiger partial charge in [-0.15, -0.1) is 0 Å². The molecule has 2 aromatic rings. The fourth-order valence-corrected chi connectivity index (χ4v) is 2.98. The quantitative estimate of drug-likeness (QED) is 0.943. The Balaban J connectivity index is 1.80. The van der Waals surface area contributed by atoms with E-state index in [1.165, 1.54) is 12.4 Å². The number of pyridine rings is 1. The maximum Gasteiger partial charge on any atom is 0.257 e. The zero-order valence-corrected chi connectivity index (χ0v) is 14.0. The van der Waals surface area contributed by atoms with Crippen LogP contribution < -0.4 is 5.32 Å². The van der Waals surface area contributed by atoms with Crippen LogP contribution in [0.5, 0.6) is 0 Å². The van der Waals surface area contributed by atoms with Gasteiger partial charge in [0.25, 0.3) is 11.8 Å². The van der Waals surface area contributed by atoms with Crippen LogP contribution in [0.25, 0.3) is 0 Å². The van der Waals surface area contributed by atoms with Crippen molar-refractivity contribution in [1.82, 2.24) is 9.88 Å². The van der Waals surface area contributed by atoms with E-state index in [-0.39, 0.29) is 11.8 Å². The van der Waals surface area contributed by atoms with Crippen molar-refractivity contribution < 1.29 is 9.59 Å². The fraction of sp³-hybridized carbons (Fsp3) is 0.316. The van der Waals surface area contributed by atoms with Crippen molar-refractivity contribution in [1.29, 1.82) is 0 Å². The summed E-state index contributed by atoms with van der Waals surface area (Å²) in [5.41, 5.74) is 3.66. The largest absolute Gasteiger partial charge is 0.339 e. The molecule has 0 saturated carbocycles. The number of carbonyl (C=O) groups is 2. The maximum atomic E-state index is 12.5. The first kappa shape index (κ1) is 16.2. The Morgan fingerprint density at radius 2 is 1.67 bits per heavy atom. The summed E-state index contributed by atoms with van der Waals surface area (Å²) in [5.74, 6) is -0.308. The van der Waals surface area contributed by atoms with Crippen LogP contribution in [0.1, 0.15) is 44.7 Å². The molecule has 2 heterocycles. The first-order chi connectivity index (χ1) is 11.6. The highest BCUT2D eigenvalue weighted by molar-refractivity contribution is 6.06. The molecule has 0 atom stereocenters. The molecule has 5 heteroatoms. The third-order valence-corrected chi connectivity index (χ3v) is 4.36. The van der Waals surface area contributed by atoms with Crippen molar-refractivity contribution in [3.63, 3.8) is 0 Å². The number of nitrogens with one attached hydrogen (secondary N) is 1. The molecule has 1 fully saturated rings. The molecule has 3 rings (SSSR count). The molecule has 1 N–H and O–H groups in total. The van der Waals surface area contributed by atoms with Crippen LogP contribution in [0.15, 0.2) is 36.7 Å². The molecule has 1 aromatic carbocycles. The average molecular weight is 323 g/mol. The number of rotatable bonds is 3. The minimum absolute atomic E-state index is 0.0540. The smallest absolute Gasteiger partial charge is 0.257 e. The summed E-state index contributed by atoms with van der Waals surface area (Å²) in [5, 5.41) is 2.93. The van der Waals surface area contributed by atoms with Gasteiger partial charge in [0.15, 0.2) is 0 Å². The van der Waals surface area contributed by atoms with Crippen LogP contribution in [-0.2, 0) is 0 Å². The highest BCUT2D eigenvalue weighted by Gasteiger charge is 2.21. The minimum Gasteiger partial charge on any atom is -0.339 e. The Morgan fingerprint density at radius 3 is 2.33 bits per heavy atom. The first-order valence-electron chi connectivity index (χ1n) is 8.18. The lowest BCUT2D eigenvalue weighted by Crippen LogP contribution is -2.28. The van der Waals surface area contributed by atoms with Crippen LogP contribution in [-0.4, -0.2) is 34.8 Å². The summed E-state index contributed by atoms with van der Waals surface area (Å²) in [4.78, 5) is 30.9. The van der Waals surface area contributed by atoms with Crippen molar-refractivity contribution in [2.45, 2.75) is 26.7 Å². The first-order valence-corrected chi connectivity index (χ1v) is 8.18. The molecule has 5 nitrogen and oxygen atoms in total. The molecule has 124 valence electrons. The molecule has 1 saturated heterocycles. The van der Waals surface area contributed by atoms with E-state index in [1.807, 2.05) is 36.9 Å². The Kier molecular flexibility index (Phi) is 4.60. The molecular weight excluding hydrogens is 302 g/mol. The van der Waals surface area contributed by atoms with Gasteiger partial charge in [0.2, 0.25) is 0 Å². The Hall–Kier alpha value is -2.69. The van der Waals surface area contributed by atoms with Gasteiger partial charge >= 0.3 is 0 Å². The molecule has 0 unspecified atom stereocenters. The van der Waals surface area contributed by atoms with E-state index < -0.39 is 0 Å². The van der Waals surface area contributed by atoms with Crippen LogP contribution in [0.4, 0.5) is 5.69 Å². The number of para-hydroxylation sites is 1. The number of anilines is 1. The Labute approximate surface area is 141 Å². The van der Waals surface area contributed by atoms with Gasteiger partial charge in [-0.25, -0.2) is 0 Å². The van der Waals surface area contributed by atoms with Gasteiger partial charge in [-0.05, 0) is 43.9 Å². The number of benzene rings is 1. The Morgan fingerprint density at radius 1 is 1.04 bits per heavy atom. The average Bonchev–Trinajstić information content (AvgIpc) is 3.12. The number of amides is 2. The minimum atomic E-state index is -0.254. The van der Waals surface area contributed by atoms with E-state index >= 15 is 0 Å². The predicted molar refractivity (Wildman–Crippen MR) is 93.2 cm³/mol. The second kappa shape index (κ2) is 6.83. The molecule has 0 bridgehead atoms. The molecule has 0 spiro atoms. The van der Waals surface area contributed by atoms with E-state index in [9.17, 15) is 9.59 Å². The summed E-state index contributed by atoms with van der Waals surface area (Å²) >= 11 is 0. The summed E-state index contributed by atoms with van der Waals surface area (Å²) < 4.78 is 0. The number of hydrogen-bond acceptors (Lipinski definition) is 3. The van der Waals surface area contributed by atoms with Crippen molar-refractivity contribution >= 4 is 17.5 Å². The van der Waals surface area contributed by atoms with E-state index in [1.54, 1.807) is 6.07 Å². The molecule has 2 amide bonds. The highest BCUT2D eigenvalue weighted by atomic mass is 16.2. The fourth-order valence-electron chi connectivity index (χ4n) is 2.98. The number of nitrogens with zero attached hydrogens (tertiary/aromatic N) is 2. The van der Waals surface area contributed by atoms with Crippen LogP contribution in [0.2, 0.25) is 0 Å². The number of hydrogen-bond donors (Lipinski definition) is 1. The number of likely N-dealkylation sites (tertiary alicyclic amines) is 1. The molecule has 1 aliphatic heterocycles. The summed E-state index contributed by atoms with van der Waals surface area (Å²) in [6, 6.07) is 7.48. The van der Waals surface area contributed by atoms with Crippen molar-refractivity contribution in [2.75, 3.05) is 18.4 Å². The summed E-state index contributed by atoms with van der Waals surface area (Å²) in [6.45, 7) is 5.46. The molecule has 24 heavy (non-hydrogen) atoms. The van der Waals surface area contributed by atoms with E-state index in [0.717, 1.165) is 42.7 Å². The Bertz CT molecular complexity index is 760. The third kappa shape index (κ3) is 3.30. The number of carbonyl (C=O) groups excluding carboxylic acids is 2. The van der Waals surface area contributed by atoms with Gasteiger partial charge in [-0.2, -0.15) is 0 Å². The lowest BCUT2D eigenvalue weighted by atomic mass is 10.1. The van der Waals surface area contributed by atoms with Crippen LogP contribution in [0, 0.1) is 13.8 Å². The van der Waals surface area contributed by atoms with Crippen molar-refractivity contribution in [3.8, 4) is 0 Å². The zero-order valence-electron chi connectivity index (χ0n) is 14.0. The zero-order chi connectivity index (χ0) is 17.1. The lowest BCUT2D eigenvalue weighted by Gasteiger charge is -2.15. The van der Waals surface area contributed by atoms with Gasteiger partial charge < -0.3 is 10.2 Å². The molecule has 0 aliphatic carbocycles. The van der Waals surface area contributed by atoms with E-state index in [0.29, 0.717) is 11.1 Å².